The van der Waals surface area contributed by atoms with Crippen LogP contribution in [0.2, 0.25) is 0 Å². The Morgan fingerprint density at radius 3 is 3.00 bits per heavy atom. The Bertz CT molecular complexity index is 713. The smallest absolute Gasteiger partial charge is 0.263 e. The Labute approximate surface area is 121 Å². The van der Waals surface area contributed by atoms with Crippen molar-refractivity contribution >= 4 is 32.2 Å². The molecule has 20 heavy (non-hydrogen) atoms. The molecule has 8 heteroatoms. The van der Waals surface area contributed by atoms with Crippen LogP contribution in [-0.4, -0.2) is 32.2 Å². The maximum absolute atomic E-state index is 12.3. The van der Waals surface area contributed by atoms with Crippen LogP contribution in [0.3, 0.4) is 0 Å². The molecule has 1 aliphatic rings. The van der Waals surface area contributed by atoms with Gasteiger partial charge in [0.1, 0.15) is 5.51 Å². The van der Waals surface area contributed by atoms with Crippen molar-refractivity contribution in [1.82, 2.24) is 10.2 Å². The first-order chi connectivity index (χ1) is 9.56. The van der Waals surface area contributed by atoms with Gasteiger partial charge in [-0.05, 0) is 30.5 Å². The van der Waals surface area contributed by atoms with Crippen molar-refractivity contribution in [2.24, 2.45) is 0 Å². The molecule has 0 atom stereocenters. The van der Waals surface area contributed by atoms with Crippen LogP contribution in [0.1, 0.15) is 12.0 Å². The number of aryl methyl sites for hydroxylation is 1. The highest BCUT2D eigenvalue weighted by atomic mass is 32.2. The number of rotatable bonds is 3. The van der Waals surface area contributed by atoms with E-state index in [9.17, 15) is 8.42 Å². The van der Waals surface area contributed by atoms with E-state index in [4.69, 9.17) is 0 Å². The van der Waals surface area contributed by atoms with E-state index < -0.39 is 10.0 Å². The van der Waals surface area contributed by atoms with Gasteiger partial charge in [0.25, 0.3) is 10.0 Å². The molecular formula is C12H14N4O2S2. The number of hydrogen-bond donors (Lipinski definition) is 1. The summed E-state index contributed by atoms with van der Waals surface area (Å²) in [7, 11) is -1.63. The second-order valence-corrected chi connectivity index (χ2v) is 7.18. The lowest BCUT2D eigenvalue weighted by Gasteiger charge is -2.27. The average Bonchev–Trinajstić information content (AvgIpc) is 2.91. The van der Waals surface area contributed by atoms with Crippen LogP contribution in [0.25, 0.3) is 0 Å². The molecule has 0 unspecified atom stereocenters. The average molecular weight is 310 g/mol. The summed E-state index contributed by atoms with van der Waals surface area (Å²) >= 11 is 1.15. The normalized spacial score (nSPS) is 14.9. The fourth-order valence-corrected chi connectivity index (χ4v) is 4.01. The Balaban J connectivity index is 1.96. The van der Waals surface area contributed by atoms with Crippen molar-refractivity contribution in [3.63, 3.8) is 0 Å². The van der Waals surface area contributed by atoms with Crippen molar-refractivity contribution in [2.45, 2.75) is 17.7 Å². The van der Waals surface area contributed by atoms with Gasteiger partial charge >= 0.3 is 0 Å². The second-order valence-electron chi connectivity index (χ2n) is 4.67. The minimum absolute atomic E-state index is 0.250. The largest absolute Gasteiger partial charge is 0.374 e. The summed E-state index contributed by atoms with van der Waals surface area (Å²) in [5.74, 6) is 0. The minimum Gasteiger partial charge on any atom is -0.374 e. The molecule has 0 fully saturated rings. The molecule has 0 saturated heterocycles. The van der Waals surface area contributed by atoms with E-state index in [0.29, 0.717) is 0 Å². The number of aromatic nitrogens is 2. The summed E-state index contributed by atoms with van der Waals surface area (Å²) in [6, 6.07) is 5.25. The molecule has 1 aromatic carbocycles. The summed E-state index contributed by atoms with van der Waals surface area (Å²) in [4.78, 5) is 2.34. The number of fused-ring (bicyclic) bond motifs is 1. The summed E-state index contributed by atoms with van der Waals surface area (Å²) in [5, 5.41) is 7.59. The van der Waals surface area contributed by atoms with Gasteiger partial charge in [0.2, 0.25) is 5.13 Å². The van der Waals surface area contributed by atoms with Crippen LogP contribution in [0.5, 0.6) is 0 Å². The van der Waals surface area contributed by atoms with Crippen LogP contribution in [0, 0.1) is 0 Å². The zero-order valence-corrected chi connectivity index (χ0v) is 12.5. The van der Waals surface area contributed by atoms with Crippen LogP contribution < -0.4 is 9.62 Å². The zero-order valence-electron chi connectivity index (χ0n) is 10.9. The van der Waals surface area contributed by atoms with E-state index in [1.54, 1.807) is 12.1 Å². The van der Waals surface area contributed by atoms with Gasteiger partial charge in [-0.1, -0.05) is 17.4 Å². The molecule has 0 amide bonds. The van der Waals surface area contributed by atoms with E-state index in [-0.39, 0.29) is 10.0 Å². The second kappa shape index (κ2) is 5.02. The molecule has 2 heterocycles. The molecule has 1 N–H and O–H groups in total. The van der Waals surface area contributed by atoms with Gasteiger partial charge < -0.3 is 4.90 Å². The molecule has 0 radical (unpaired) electrons. The lowest BCUT2D eigenvalue weighted by molar-refractivity contribution is 0.601. The van der Waals surface area contributed by atoms with E-state index in [1.807, 2.05) is 13.1 Å². The minimum atomic E-state index is -3.61. The number of anilines is 2. The maximum Gasteiger partial charge on any atom is 0.263 e. The Morgan fingerprint density at radius 1 is 1.40 bits per heavy atom. The van der Waals surface area contributed by atoms with Gasteiger partial charge in [-0.3, -0.25) is 4.72 Å². The van der Waals surface area contributed by atoms with Crippen LogP contribution in [0.15, 0.2) is 28.6 Å². The SMILES string of the molecule is CN1CCCc2ccc(S(=O)(=O)Nc3nncs3)cc21. The quantitative estimate of drug-likeness (QED) is 0.934. The van der Waals surface area contributed by atoms with Crippen LogP contribution in [0.4, 0.5) is 10.8 Å². The van der Waals surface area contributed by atoms with E-state index in [2.05, 4.69) is 19.8 Å². The standard InChI is InChI=1S/C12H14N4O2S2/c1-16-6-2-3-9-4-5-10(7-11(9)16)20(17,18)15-12-14-13-8-19-12/h4-5,7-8H,2-3,6H2,1H3,(H,14,15). The number of benzene rings is 1. The maximum atomic E-state index is 12.3. The molecule has 0 spiro atoms. The first kappa shape index (κ1) is 13.3. The molecule has 106 valence electrons. The molecule has 2 aromatic rings. The van der Waals surface area contributed by atoms with E-state index in [1.165, 1.54) is 11.1 Å². The lowest BCUT2D eigenvalue weighted by atomic mass is 10.0. The molecule has 6 nitrogen and oxygen atoms in total. The summed E-state index contributed by atoms with van der Waals surface area (Å²) in [5.41, 5.74) is 3.66. The molecular weight excluding hydrogens is 296 g/mol. The monoisotopic (exact) mass is 310 g/mol. The van der Waals surface area contributed by atoms with Crippen LogP contribution >= 0.6 is 11.3 Å². The third kappa shape index (κ3) is 2.48. The molecule has 0 saturated carbocycles. The van der Waals surface area contributed by atoms with Gasteiger partial charge in [0.15, 0.2) is 0 Å². The van der Waals surface area contributed by atoms with Gasteiger partial charge in [0, 0.05) is 19.3 Å². The van der Waals surface area contributed by atoms with Crippen LogP contribution in [-0.2, 0) is 16.4 Å². The third-order valence-electron chi connectivity index (χ3n) is 3.30. The van der Waals surface area contributed by atoms with Crippen molar-refractivity contribution in [2.75, 3.05) is 23.2 Å². The highest BCUT2D eigenvalue weighted by Gasteiger charge is 2.20. The first-order valence-electron chi connectivity index (χ1n) is 6.19. The van der Waals surface area contributed by atoms with Gasteiger partial charge in [-0.2, -0.15) is 0 Å². The van der Waals surface area contributed by atoms with E-state index in [0.717, 1.165) is 36.4 Å². The Hall–Kier alpha value is -1.67. The van der Waals surface area contributed by atoms with E-state index >= 15 is 0 Å². The molecule has 0 bridgehead atoms. The van der Waals surface area contributed by atoms with Crippen molar-refractivity contribution in [1.29, 1.82) is 0 Å². The third-order valence-corrected chi connectivity index (χ3v) is 5.37. The van der Waals surface area contributed by atoms with Crippen molar-refractivity contribution in [3.05, 3.63) is 29.3 Å². The summed E-state index contributed by atoms with van der Waals surface area (Å²) in [6.45, 7) is 0.945. The Kier molecular flexibility index (Phi) is 3.35. The molecule has 3 rings (SSSR count). The molecule has 1 aliphatic heterocycles. The van der Waals surface area contributed by atoms with Gasteiger partial charge in [0.05, 0.1) is 4.90 Å². The fourth-order valence-electron chi connectivity index (χ4n) is 2.30. The number of nitrogens with zero attached hydrogens (tertiary/aromatic N) is 3. The highest BCUT2D eigenvalue weighted by molar-refractivity contribution is 7.93. The predicted molar refractivity (Wildman–Crippen MR) is 78.8 cm³/mol. The number of hydrogen-bond acceptors (Lipinski definition) is 6. The van der Waals surface area contributed by atoms with Crippen molar-refractivity contribution < 1.29 is 8.42 Å². The fraction of sp³-hybridized carbons (Fsp3) is 0.333. The first-order valence-corrected chi connectivity index (χ1v) is 8.55. The molecule has 1 aromatic heterocycles. The van der Waals surface area contributed by atoms with Crippen molar-refractivity contribution in [3.8, 4) is 0 Å². The zero-order chi connectivity index (χ0) is 14.2. The topological polar surface area (TPSA) is 75.2 Å². The van der Waals surface area contributed by atoms with Gasteiger partial charge in [-0.15, -0.1) is 10.2 Å². The number of sulfonamides is 1. The lowest BCUT2D eigenvalue weighted by Crippen LogP contribution is -2.25. The molecule has 0 aliphatic carbocycles. The highest BCUT2D eigenvalue weighted by Crippen LogP contribution is 2.29. The number of nitrogens with one attached hydrogen (secondary N) is 1. The Morgan fingerprint density at radius 2 is 2.25 bits per heavy atom. The summed E-state index contributed by atoms with van der Waals surface area (Å²) in [6.07, 6.45) is 2.09. The predicted octanol–water partition coefficient (Wildman–Crippen LogP) is 1.72. The summed E-state index contributed by atoms with van der Waals surface area (Å²) < 4.78 is 27.0. The van der Waals surface area contributed by atoms with Gasteiger partial charge in [-0.25, -0.2) is 8.42 Å².